The Hall–Kier alpha value is -2.96. The fraction of sp³-hybridized carbons (Fsp3) is 0.381. The maximum Gasteiger partial charge on any atom is 0.278 e. The Bertz CT molecular complexity index is 1040. The molecule has 4 rings (SSSR count). The number of amides is 1. The van der Waals surface area contributed by atoms with Gasteiger partial charge in [-0.25, -0.2) is 4.39 Å². The number of hydrogen-bond donors (Lipinski definition) is 1. The Morgan fingerprint density at radius 1 is 1.36 bits per heavy atom. The van der Waals surface area contributed by atoms with Crippen LogP contribution >= 0.6 is 0 Å². The molecule has 1 amide bonds. The topological polar surface area (TPSA) is 73.0 Å². The zero-order valence-electron chi connectivity index (χ0n) is 16.3. The van der Waals surface area contributed by atoms with Gasteiger partial charge in [0.1, 0.15) is 11.6 Å². The lowest BCUT2D eigenvalue weighted by Crippen LogP contribution is -2.18. The molecule has 2 aromatic heterocycles. The molecule has 3 aromatic rings. The SMILES string of the molecule is Cc1nn(Cc2ccccc2F)c(C)c1NC(=O)c1noc2c1CC(C)CC2. The quantitative estimate of drug-likeness (QED) is 0.739. The number of benzene rings is 1. The van der Waals surface area contributed by atoms with E-state index in [1.54, 1.807) is 22.9 Å². The lowest BCUT2D eigenvalue weighted by atomic mass is 9.88. The summed E-state index contributed by atoms with van der Waals surface area (Å²) >= 11 is 0. The van der Waals surface area contributed by atoms with Crippen LogP contribution < -0.4 is 5.32 Å². The first-order valence-corrected chi connectivity index (χ1v) is 9.50. The maximum absolute atomic E-state index is 14.0. The fourth-order valence-electron chi connectivity index (χ4n) is 3.75. The highest BCUT2D eigenvalue weighted by molar-refractivity contribution is 6.04. The van der Waals surface area contributed by atoms with Crippen molar-refractivity contribution in [1.82, 2.24) is 14.9 Å². The number of hydrogen-bond acceptors (Lipinski definition) is 4. The van der Waals surface area contributed by atoms with Crippen molar-refractivity contribution in [2.45, 2.75) is 46.6 Å². The molecule has 1 N–H and O–H groups in total. The lowest BCUT2D eigenvalue weighted by Gasteiger charge is -2.16. The lowest BCUT2D eigenvalue weighted by molar-refractivity contribution is 0.101. The van der Waals surface area contributed by atoms with Gasteiger partial charge < -0.3 is 9.84 Å². The molecule has 0 saturated carbocycles. The van der Waals surface area contributed by atoms with Gasteiger partial charge in [0, 0.05) is 17.5 Å². The van der Waals surface area contributed by atoms with Crippen molar-refractivity contribution in [3.63, 3.8) is 0 Å². The third-order valence-corrected chi connectivity index (χ3v) is 5.40. The van der Waals surface area contributed by atoms with Gasteiger partial charge in [0.2, 0.25) is 0 Å². The molecule has 0 radical (unpaired) electrons. The number of aryl methyl sites for hydroxylation is 2. The van der Waals surface area contributed by atoms with Crippen molar-refractivity contribution in [3.05, 3.63) is 64.1 Å². The molecule has 146 valence electrons. The highest BCUT2D eigenvalue weighted by Crippen LogP contribution is 2.29. The van der Waals surface area contributed by atoms with Gasteiger partial charge in [-0.05, 0) is 38.7 Å². The van der Waals surface area contributed by atoms with E-state index in [2.05, 4.69) is 22.5 Å². The first-order chi connectivity index (χ1) is 13.4. The van der Waals surface area contributed by atoms with E-state index in [9.17, 15) is 9.18 Å². The fourth-order valence-corrected chi connectivity index (χ4v) is 3.75. The van der Waals surface area contributed by atoms with Crippen LogP contribution in [-0.4, -0.2) is 20.8 Å². The number of nitrogens with one attached hydrogen (secondary N) is 1. The largest absolute Gasteiger partial charge is 0.360 e. The molecular formula is C21H23FN4O2. The summed E-state index contributed by atoms with van der Waals surface area (Å²) in [7, 11) is 0. The van der Waals surface area contributed by atoms with E-state index in [1.165, 1.54) is 6.07 Å². The first kappa shape index (κ1) is 18.4. The molecule has 0 spiro atoms. The number of fused-ring (bicyclic) bond motifs is 1. The molecule has 1 aliphatic carbocycles. The number of halogens is 1. The molecular weight excluding hydrogens is 359 g/mol. The molecule has 28 heavy (non-hydrogen) atoms. The van der Waals surface area contributed by atoms with E-state index in [-0.39, 0.29) is 11.7 Å². The van der Waals surface area contributed by atoms with Crippen molar-refractivity contribution in [1.29, 1.82) is 0 Å². The summed E-state index contributed by atoms with van der Waals surface area (Å²) in [6.45, 7) is 6.14. The van der Waals surface area contributed by atoms with Crippen molar-refractivity contribution in [3.8, 4) is 0 Å². The van der Waals surface area contributed by atoms with Crippen LogP contribution in [0.1, 0.15) is 52.1 Å². The van der Waals surface area contributed by atoms with Crippen LogP contribution in [0.15, 0.2) is 28.8 Å². The molecule has 6 nitrogen and oxygen atoms in total. The number of carbonyl (C=O) groups excluding carboxylic acids is 1. The second-order valence-electron chi connectivity index (χ2n) is 7.53. The zero-order valence-corrected chi connectivity index (χ0v) is 16.3. The second kappa shape index (κ2) is 7.22. The Labute approximate surface area is 162 Å². The van der Waals surface area contributed by atoms with E-state index < -0.39 is 0 Å². The molecule has 0 saturated heterocycles. The van der Waals surface area contributed by atoms with Crippen LogP contribution in [0.3, 0.4) is 0 Å². The molecule has 2 heterocycles. The minimum absolute atomic E-state index is 0.274. The predicted molar refractivity (Wildman–Crippen MR) is 103 cm³/mol. The smallest absolute Gasteiger partial charge is 0.278 e. The van der Waals surface area contributed by atoms with Crippen LogP contribution in [0, 0.1) is 25.6 Å². The van der Waals surface area contributed by atoms with Gasteiger partial charge in [-0.3, -0.25) is 9.48 Å². The number of aromatic nitrogens is 3. The van der Waals surface area contributed by atoms with Crippen molar-refractivity contribution < 1.29 is 13.7 Å². The van der Waals surface area contributed by atoms with Gasteiger partial charge in [0.25, 0.3) is 5.91 Å². The molecule has 1 aliphatic rings. The van der Waals surface area contributed by atoms with Gasteiger partial charge in [0.15, 0.2) is 5.69 Å². The van der Waals surface area contributed by atoms with Crippen molar-refractivity contribution >= 4 is 11.6 Å². The third kappa shape index (κ3) is 3.32. The van der Waals surface area contributed by atoms with Crippen molar-refractivity contribution in [2.75, 3.05) is 5.32 Å². The van der Waals surface area contributed by atoms with Gasteiger partial charge in [-0.1, -0.05) is 30.3 Å². The van der Waals surface area contributed by atoms with E-state index in [0.29, 0.717) is 35.1 Å². The minimum Gasteiger partial charge on any atom is -0.360 e. The molecule has 1 unspecified atom stereocenters. The first-order valence-electron chi connectivity index (χ1n) is 9.50. The summed E-state index contributed by atoms with van der Waals surface area (Å²) in [4.78, 5) is 12.8. The molecule has 7 heteroatoms. The average Bonchev–Trinajstić information content (AvgIpc) is 3.19. The number of anilines is 1. The summed E-state index contributed by atoms with van der Waals surface area (Å²) in [5, 5.41) is 11.4. The van der Waals surface area contributed by atoms with Gasteiger partial charge in [0.05, 0.1) is 23.6 Å². The molecule has 0 bridgehead atoms. The summed E-state index contributed by atoms with van der Waals surface area (Å²) in [6, 6.07) is 6.61. The van der Waals surface area contributed by atoms with Crippen LogP contribution in [0.5, 0.6) is 0 Å². The van der Waals surface area contributed by atoms with Crippen molar-refractivity contribution in [2.24, 2.45) is 5.92 Å². The van der Waals surface area contributed by atoms with E-state index in [1.807, 2.05) is 13.8 Å². The molecule has 0 aliphatic heterocycles. The Morgan fingerprint density at radius 2 is 2.14 bits per heavy atom. The van der Waals surface area contributed by atoms with Gasteiger partial charge in [-0.15, -0.1) is 0 Å². The van der Waals surface area contributed by atoms with E-state index in [0.717, 1.165) is 36.3 Å². The monoisotopic (exact) mass is 382 g/mol. The standard InChI is InChI=1S/C21H23FN4O2/c1-12-8-9-18-16(10-12)20(25-28-18)21(27)23-19-13(2)24-26(14(19)3)11-15-6-4-5-7-17(15)22/h4-7,12H,8-11H2,1-3H3,(H,23,27). The summed E-state index contributed by atoms with van der Waals surface area (Å²) < 4.78 is 21.0. The summed E-state index contributed by atoms with van der Waals surface area (Å²) in [5.41, 5.74) is 3.87. The van der Waals surface area contributed by atoms with Crippen LogP contribution in [0.25, 0.3) is 0 Å². The van der Waals surface area contributed by atoms with Gasteiger partial charge >= 0.3 is 0 Å². The maximum atomic E-state index is 14.0. The molecule has 1 aromatic carbocycles. The predicted octanol–water partition coefficient (Wildman–Crippen LogP) is 4.05. The van der Waals surface area contributed by atoms with Crippen LogP contribution in [-0.2, 0) is 19.4 Å². The Kier molecular flexibility index (Phi) is 4.75. The zero-order chi connectivity index (χ0) is 19.8. The van der Waals surface area contributed by atoms with E-state index in [4.69, 9.17) is 4.52 Å². The number of carbonyl (C=O) groups is 1. The summed E-state index contributed by atoms with van der Waals surface area (Å²) in [5.74, 6) is 0.747. The Balaban J connectivity index is 1.58. The van der Waals surface area contributed by atoms with Crippen LogP contribution in [0.2, 0.25) is 0 Å². The van der Waals surface area contributed by atoms with Gasteiger partial charge in [-0.2, -0.15) is 5.10 Å². The normalized spacial score (nSPS) is 16.1. The number of rotatable bonds is 4. The number of nitrogens with zero attached hydrogens (tertiary/aromatic N) is 3. The minimum atomic E-state index is -0.296. The van der Waals surface area contributed by atoms with Crippen LogP contribution in [0.4, 0.5) is 10.1 Å². The molecule has 1 atom stereocenters. The summed E-state index contributed by atoms with van der Waals surface area (Å²) in [6.07, 6.45) is 2.66. The second-order valence-corrected chi connectivity index (χ2v) is 7.53. The van der Waals surface area contributed by atoms with E-state index >= 15 is 0 Å². The molecule has 0 fully saturated rings. The third-order valence-electron chi connectivity index (χ3n) is 5.40. The highest BCUT2D eigenvalue weighted by atomic mass is 19.1. The highest BCUT2D eigenvalue weighted by Gasteiger charge is 2.28. The average molecular weight is 382 g/mol. The Morgan fingerprint density at radius 3 is 2.93 bits per heavy atom.